The van der Waals surface area contributed by atoms with E-state index in [9.17, 15) is 0 Å². The quantitative estimate of drug-likeness (QED) is 0.605. The first-order chi connectivity index (χ1) is 11.4. The molecule has 112 valence electrons. The number of aromatic nitrogens is 3. The van der Waals surface area contributed by atoms with Gasteiger partial charge < -0.3 is 10.7 Å². The van der Waals surface area contributed by atoms with Gasteiger partial charge in [-0.25, -0.2) is 0 Å². The van der Waals surface area contributed by atoms with Crippen LogP contribution in [0.5, 0.6) is 0 Å². The normalized spacial score (nSPS) is 11.0. The maximum absolute atomic E-state index is 5.95. The molecule has 3 heterocycles. The molecule has 0 amide bonds. The summed E-state index contributed by atoms with van der Waals surface area (Å²) < 4.78 is 0. The fourth-order valence-corrected chi connectivity index (χ4v) is 2.96. The Kier molecular flexibility index (Phi) is 3.37. The molecule has 0 aliphatic rings. The molecule has 0 atom stereocenters. The van der Waals surface area contributed by atoms with Crippen molar-refractivity contribution in [2.75, 3.05) is 0 Å². The SMILES string of the molecule is NCc1ccccc1-c1c(-c2ccncc2)[nH]c2cccnc12. The van der Waals surface area contributed by atoms with Crippen molar-refractivity contribution in [3.63, 3.8) is 0 Å². The van der Waals surface area contributed by atoms with Crippen LogP contribution >= 0.6 is 0 Å². The Morgan fingerprint density at radius 3 is 2.57 bits per heavy atom. The molecule has 3 aromatic heterocycles. The van der Waals surface area contributed by atoms with Crippen LogP contribution in [0, 0.1) is 0 Å². The van der Waals surface area contributed by atoms with Crippen LogP contribution in [0.25, 0.3) is 33.4 Å². The van der Waals surface area contributed by atoms with Crippen LogP contribution in [-0.2, 0) is 6.54 Å². The Morgan fingerprint density at radius 1 is 0.913 bits per heavy atom. The van der Waals surface area contributed by atoms with Gasteiger partial charge in [-0.2, -0.15) is 0 Å². The summed E-state index contributed by atoms with van der Waals surface area (Å²) in [5.74, 6) is 0. The monoisotopic (exact) mass is 300 g/mol. The number of nitrogens with one attached hydrogen (secondary N) is 1. The zero-order chi connectivity index (χ0) is 15.6. The number of hydrogen-bond donors (Lipinski definition) is 2. The van der Waals surface area contributed by atoms with Gasteiger partial charge in [0.2, 0.25) is 0 Å². The number of rotatable bonds is 3. The summed E-state index contributed by atoms with van der Waals surface area (Å²) in [6.07, 6.45) is 5.42. The minimum Gasteiger partial charge on any atom is -0.353 e. The van der Waals surface area contributed by atoms with Crippen molar-refractivity contribution in [1.29, 1.82) is 0 Å². The van der Waals surface area contributed by atoms with Gasteiger partial charge in [-0.05, 0) is 35.4 Å². The Morgan fingerprint density at radius 2 is 1.74 bits per heavy atom. The third-order valence-corrected chi connectivity index (χ3v) is 4.03. The molecule has 23 heavy (non-hydrogen) atoms. The number of nitrogens with two attached hydrogens (primary N) is 1. The number of nitrogens with zero attached hydrogens (tertiary/aromatic N) is 2. The van der Waals surface area contributed by atoms with E-state index >= 15 is 0 Å². The van der Waals surface area contributed by atoms with Gasteiger partial charge in [0.15, 0.2) is 0 Å². The van der Waals surface area contributed by atoms with Gasteiger partial charge in [-0.1, -0.05) is 24.3 Å². The predicted molar refractivity (Wildman–Crippen MR) is 92.7 cm³/mol. The summed E-state index contributed by atoms with van der Waals surface area (Å²) in [6.45, 7) is 0.492. The lowest BCUT2D eigenvalue weighted by atomic mass is 9.96. The first-order valence-corrected chi connectivity index (χ1v) is 7.54. The molecule has 0 aliphatic heterocycles. The van der Waals surface area contributed by atoms with E-state index in [0.717, 1.165) is 39.0 Å². The van der Waals surface area contributed by atoms with Gasteiger partial charge >= 0.3 is 0 Å². The molecule has 0 aliphatic carbocycles. The summed E-state index contributed by atoms with van der Waals surface area (Å²) in [7, 11) is 0. The molecule has 4 heteroatoms. The van der Waals surface area contributed by atoms with Crippen molar-refractivity contribution < 1.29 is 0 Å². The van der Waals surface area contributed by atoms with Crippen LogP contribution in [-0.4, -0.2) is 15.0 Å². The lowest BCUT2D eigenvalue weighted by Crippen LogP contribution is -1.99. The highest BCUT2D eigenvalue weighted by Crippen LogP contribution is 2.38. The molecule has 0 spiro atoms. The van der Waals surface area contributed by atoms with E-state index in [-0.39, 0.29) is 0 Å². The first-order valence-electron chi connectivity index (χ1n) is 7.54. The van der Waals surface area contributed by atoms with Crippen molar-refractivity contribution in [2.24, 2.45) is 5.73 Å². The summed E-state index contributed by atoms with van der Waals surface area (Å²) in [5, 5.41) is 0. The minimum absolute atomic E-state index is 0.492. The van der Waals surface area contributed by atoms with Crippen molar-refractivity contribution >= 4 is 11.0 Å². The van der Waals surface area contributed by atoms with Crippen LogP contribution in [0.2, 0.25) is 0 Å². The van der Waals surface area contributed by atoms with Gasteiger partial charge in [0.25, 0.3) is 0 Å². The Bertz CT molecular complexity index is 957. The van der Waals surface area contributed by atoms with E-state index in [1.54, 1.807) is 12.4 Å². The Balaban J connectivity index is 2.08. The maximum atomic E-state index is 5.95. The highest BCUT2D eigenvalue weighted by Gasteiger charge is 2.17. The second-order valence-electron chi connectivity index (χ2n) is 5.37. The van der Waals surface area contributed by atoms with E-state index < -0.39 is 0 Å². The third-order valence-electron chi connectivity index (χ3n) is 4.03. The molecule has 0 saturated carbocycles. The molecular formula is C19H16N4. The van der Waals surface area contributed by atoms with Gasteiger partial charge in [0.05, 0.1) is 16.7 Å². The highest BCUT2D eigenvalue weighted by molar-refractivity contribution is 6.02. The van der Waals surface area contributed by atoms with Crippen molar-refractivity contribution in [3.8, 4) is 22.4 Å². The van der Waals surface area contributed by atoms with Gasteiger partial charge in [-0.3, -0.25) is 9.97 Å². The average molecular weight is 300 g/mol. The molecule has 0 unspecified atom stereocenters. The van der Waals surface area contributed by atoms with Crippen molar-refractivity contribution in [3.05, 3.63) is 72.7 Å². The fourth-order valence-electron chi connectivity index (χ4n) is 2.96. The Labute approximate surface area is 134 Å². The molecule has 0 saturated heterocycles. The lowest BCUT2D eigenvalue weighted by molar-refractivity contribution is 1.07. The molecule has 0 radical (unpaired) electrons. The smallest absolute Gasteiger partial charge is 0.0963 e. The van der Waals surface area contributed by atoms with Crippen LogP contribution < -0.4 is 5.73 Å². The Hall–Kier alpha value is -2.98. The van der Waals surface area contributed by atoms with Crippen molar-refractivity contribution in [1.82, 2.24) is 15.0 Å². The summed E-state index contributed by atoms with van der Waals surface area (Å²) in [4.78, 5) is 12.2. The first kappa shape index (κ1) is 13.7. The molecule has 4 aromatic rings. The summed E-state index contributed by atoms with van der Waals surface area (Å²) >= 11 is 0. The zero-order valence-electron chi connectivity index (χ0n) is 12.5. The molecule has 0 fully saturated rings. The molecule has 3 N–H and O–H groups in total. The largest absolute Gasteiger partial charge is 0.353 e. The van der Waals surface area contributed by atoms with Crippen LogP contribution in [0.4, 0.5) is 0 Å². The van der Waals surface area contributed by atoms with E-state index in [2.05, 4.69) is 27.1 Å². The van der Waals surface area contributed by atoms with Crippen LogP contribution in [0.1, 0.15) is 5.56 Å². The summed E-state index contributed by atoms with van der Waals surface area (Å²) in [5.41, 5.74) is 13.4. The molecule has 1 aromatic carbocycles. The lowest BCUT2D eigenvalue weighted by Gasteiger charge is -2.09. The third kappa shape index (κ3) is 2.29. The number of benzene rings is 1. The topological polar surface area (TPSA) is 67.6 Å². The van der Waals surface area contributed by atoms with E-state index in [1.165, 1.54) is 0 Å². The fraction of sp³-hybridized carbons (Fsp3) is 0.0526. The standard InChI is InChI=1S/C19H16N4/c20-12-14-4-1-2-5-15(14)17-18(13-7-10-21-11-8-13)23-16-6-3-9-22-19(16)17/h1-11,23H,12,20H2. The highest BCUT2D eigenvalue weighted by atomic mass is 14.8. The van der Waals surface area contributed by atoms with Crippen LogP contribution in [0.3, 0.4) is 0 Å². The molecule has 4 rings (SSSR count). The van der Waals surface area contributed by atoms with Gasteiger partial charge in [0.1, 0.15) is 0 Å². The van der Waals surface area contributed by atoms with Crippen LogP contribution in [0.15, 0.2) is 67.1 Å². The van der Waals surface area contributed by atoms with E-state index in [4.69, 9.17) is 5.73 Å². The number of fused-ring (bicyclic) bond motifs is 1. The van der Waals surface area contributed by atoms with Gasteiger partial charge in [0, 0.05) is 36.3 Å². The average Bonchev–Trinajstić information content (AvgIpc) is 3.02. The minimum atomic E-state index is 0.492. The number of aromatic amines is 1. The second kappa shape index (κ2) is 5.66. The van der Waals surface area contributed by atoms with Gasteiger partial charge in [-0.15, -0.1) is 0 Å². The number of pyridine rings is 2. The summed E-state index contributed by atoms with van der Waals surface area (Å²) in [6, 6.07) is 16.2. The number of hydrogen-bond acceptors (Lipinski definition) is 3. The number of H-pyrrole nitrogens is 1. The maximum Gasteiger partial charge on any atom is 0.0963 e. The molecule has 4 nitrogen and oxygen atoms in total. The van der Waals surface area contributed by atoms with E-state index in [0.29, 0.717) is 6.54 Å². The molecule has 0 bridgehead atoms. The zero-order valence-corrected chi connectivity index (χ0v) is 12.5. The van der Waals surface area contributed by atoms with E-state index in [1.807, 2.05) is 42.6 Å². The second-order valence-corrected chi connectivity index (χ2v) is 5.37. The molecular weight excluding hydrogens is 284 g/mol. The predicted octanol–water partition coefficient (Wildman–Crippen LogP) is 3.75. The van der Waals surface area contributed by atoms with Crippen molar-refractivity contribution in [2.45, 2.75) is 6.54 Å².